The van der Waals surface area contributed by atoms with Crippen LogP contribution in [0.2, 0.25) is 0 Å². The van der Waals surface area contributed by atoms with Crippen LogP contribution in [0.25, 0.3) is 20.7 Å². The standard InChI is InChI=1S/C21H23N3O2S/c1-14(2)22-21(25)16-7-8-17(23-20(16)24-9-11-26-12-10-24)19-13-15-5-3-4-6-18(15)27-19/h3-8,13-14H,9-12H2,1-2H3,(H,22,25). The zero-order valence-corrected chi connectivity index (χ0v) is 16.4. The molecule has 0 unspecified atom stereocenters. The molecule has 5 nitrogen and oxygen atoms in total. The number of aromatic nitrogens is 1. The molecule has 4 rings (SSSR count). The summed E-state index contributed by atoms with van der Waals surface area (Å²) >= 11 is 1.72. The molecule has 1 N–H and O–H groups in total. The Balaban J connectivity index is 1.76. The van der Waals surface area contributed by atoms with E-state index in [1.54, 1.807) is 11.3 Å². The van der Waals surface area contributed by atoms with Gasteiger partial charge in [0.25, 0.3) is 5.91 Å². The summed E-state index contributed by atoms with van der Waals surface area (Å²) in [4.78, 5) is 20.9. The van der Waals surface area contributed by atoms with Crippen molar-refractivity contribution >= 4 is 33.1 Å². The number of nitrogens with zero attached hydrogens (tertiary/aromatic N) is 2. The first-order valence-electron chi connectivity index (χ1n) is 9.25. The maximum Gasteiger partial charge on any atom is 0.255 e. The van der Waals surface area contributed by atoms with E-state index in [1.807, 2.05) is 32.0 Å². The second kappa shape index (κ2) is 7.66. The Bertz CT molecular complexity index is 928. The van der Waals surface area contributed by atoms with E-state index >= 15 is 0 Å². The van der Waals surface area contributed by atoms with Crippen LogP contribution in [-0.2, 0) is 4.74 Å². The second-order valence-electron chi connectivity index (χ2n) is 6.94. The van der Waals surface area contributed by atoms with Crippen molar-refractivity contribution in [2.75, 3.05) is 31.2 Å². The molecule has 0 bridgehead atoms. The number of nitrogens with one attached hydrogen (secondary N) is 1. The fraction of sp³-hybridized carbons (Fsp3) is 0.333. The van der Waals surface area contributed by atoms with Gasteiger partial charge in [-0.05, 0) is 43.5 Å². The maximum atomic E-state index is 12.7. The zero-order chi connectivity index (χ0) is 18.8. The molecule has 27 heavy (non-hydrogen) atoms. The molecule has 0 radical (unpaired) electrons. The number of thiophene rings is 1. The molecule has 0 saturated carbocycles. The maximum absolute atomic E-state index is 12.7. The fourth-order valence-electron chi connectivity index (χ4n) is 3.23. The van der Waals surface area contributed by atoms with Gasteiger partial charge in [0.2, 0.25) is 0 Å². The van der Waals surface area contributed by atoms with Crippen LogP contribution < -0.4 is 10.2 Å². The number of rotatable bonds is 4. The molecule has 1 aromatic carbocycles. The van der Waals surface area contributed by atoms with E-state index < -0.39 is 0 Å². The third kappa shape index (κ3) is 3.82. The number of hydrogen-bond donors (Lipinski definition) is 1. The van der Waals surface area contributed by atoms with Gasteiger partial charge >= 0.3 is 0 Å². The number of morpholine rings is 1. The third-order valence-corrected chi connectivity index (χ3v) is 5.67. The Labute approximate surface area is 163 Å². The monoisotopic (exact) mass is 381 g/mol. The molecule has 1 saturated heterocycles. The molecule has 6 heteroatoms. The normalized spacial score (nSPS) is 14.7. The van der Waals surface area contributed by atoms with Gasteiger partial charge in [0.1, 0.15) is 5.82 Å². The van der Waals surface area contributed by atoms with Gasteiger partial charge in [0.05, 0.1) is 29.3 Å². The van der Waals surface area contributed by atoms with E-state index in [1.165, 1.54) is 10.1 Å². The summed E-state index contributed by atoms with van der Waals surface area (Å²) in [5.74, 6) is 0.660. The minimum atomic E-state index is -0.0816. The summed E-state index contributed by atoms with van der Waals surface area (Å²) in [6.07, 6.45) is 0. The molecule has 140 valence electrons. The average Bonchev–Trinajstić information content (AvgIpc) is 3.12. The van der Waals surface area contributed by atoms with Crippen molar-refractivity contribution < 1.29 is 9.53 Å². The molecule has 2 aromatic heterocycles. The topological polar surface area (TPSA) is 54.5 Å². The van der Waals surface area contributed by atoms with Gasteiger partial charge < -0.3 is 15.0 Å². The minimum absolute atomic E-state index is 0.0808. The first-order valence-corrected chi connectivity index (χ1v) is 10.1. The number of amides is 1. The van der Waals surface area contributed by atoms with Crippen molar-refractivity contribution in [2.24, 2.45) is 0 Å². The van der Waals surface area contributed by atoms with E-state index in [2.05, 4.69) is 34.5 Å². The van der Waals surface area contributed by atoms with Crippen LogP contribution in [0.3, 0.4) is 0 Å². The summed E-state index contributed by atoms with van der Waals surface area (Å²) in [7, 11) is 0. The molecule has 1 fully saturated rings. The number of carbonyl (C=O) groups is 1. The number of carbonyl (C=O) groups excluding carboxylic acids is 1. The van der Waals surface area contributed by atoms with Crippen LogP contribution in [0.1, 0.15) is 24.2 Å². The summed E-state index contributed by atoms with van der Waals surface area (Å²) in [6.45, 7) is 6.71. The summed E-state index contributed by atoms with van der Waals surface area (Å²) < 4.78 is 6.71. The Morgan fingerprint density at radius 2 is 1.96 bits per heavy atom. The highest BCUT2D eigenvalue weighted by Crippen LogP contribution is 2.34. The summed E-state index contributed by atoms with van der Waals surface area (Å²) in [5.41, 5.74) is 1.52. The van der Waals surface area contributed by atoms with Gasteiger partial charge in [0.15, 0.2) is 0 Å². The van der Waals surface area contributed by atoms with Gasteiger partial charge in [-0.3, -0.25) is 4.79 Å². The molecular formula is C21H23N3O2S. The number of fused-ring (bicyclic) bond motifs is 1. The average molecular weight is 382 g/mol. The molecule has 0 atom stereocenters. The lowest BCUT2D eigenvalue weighted by Crippen LogP contribution is -2.39. The number of hydrogen-bond acceptors (Lipinski definition) is 5. The predicted molar refractivity (Wildman–Crippen MR) is 111 cm³/mol. The van der Waals surface area contributed by atoms with Gasteiger partial charge in [0, 0.05) is 23.8 Å². The molecule has 3 heterocycles. The number of benzene rings is 1. The lowest BCUT2D eigenvalue weighted by Gasteiger charge is -2.29. The largest absolute Gasteiger partial charge is 0.378 e. The Morgan fingerprint density at radius 1 is 1.19 bits per heavy atom. The smallest absolute Gasteiger partial charge is 0.255 e. The quantitative estimate of drug-likeness (QED) is 0.744. The van der Waals surface area contributed by atoms with Crippen molar-refractivity contribution in [3.8, 4) is 10.6 Å². The number of ether oxygens (including phenoxy) is 1. The molecule has 1 aliphatic heterocycles. The van der Waals surface area contributed by atoms with Gasteiger partial charge in [-0.25, -0.2) is 4.98 Å². The first-order chi connectivity index (χ1) is 13.1. The predicted octanol–water partition coefficient (Wildman–Crippen LogP) is 3.94. The van der Waals surface area contributed by atoms with Gasteiger partial charge in [-0.1, -0.05) is 18.2 Å². The Hall–Kier alpha value is -2.44. The Kier molecular flexibility index (Phi) is 5.09. The van der Waals surface area contributed by atoms with Crippen LogP contribution in [0.5, 0.6) is 0 Å². The van der Waals surface area contributed by atoms with Crippen molar-refractivity contribution in [3.63, 3.8) is 0 Å². The SMILES string of the molecule is CC(C)NC(=O)c1ccc(-c2cc3ccccc3s2)nc1N1CCOCC1. The van der Waals surface area contributed by atoms with Gasteiger partial charge in [-0.2, -0.15) is 0 Å². The zero-order valence-electron chi connectivity index (χ0n) is 15.6. The fourth-order valence-corrected chi connectivity index (χ4v) is 4.26. The van der Waals surface area contributed by atoms with Crippen LogP contribution in [0.4, 0.5) is 5.82 Å². The molecule has 3 aromatic rings. The number of pyridine rings is 1. The van der Waals surface area contributed by atoms with Crippen molar-refractivity contribution in [1.82, 2.24) is 10.3 Å². The van der Waals surface area contributed by atoms with E-state index in [4.69, 9.17) is 9.72 Å². The third-order valence-electron chi connectivity index (χ3n) is 4.53. The van der Waals surface area contributed by atoms with Crippen LogP contribution in [0.15, 0.2) is 42.5 Å². The molecular weight excluding hydrogens is 358 g/mol. The number of anilines is 1. The molecule has 0 spiro atoms. The summed E-state index contributed by atoms with van der Waals surface area (Å²) in [6, 6.07) is 14.4. The van der Waals surface area contributed by atoms with E-state index in [0.717, 1.165) is 29.5 Å². The van der Waals surface area contributed by atoms with Crippen LogP contribution in [0, 0.1) is 0 Å². The van der Waals surface area contributed by atoms with Crippen molar-refractivity contribution in [1.29, 1.82) is 0 Å². The Morgan fingerprint density at radius 3 is 2.70 bits per heavy atom. The van der Waals surface area contributed by atoms with Crippen molar-refractivity contribution in [2.45, 2.75) is 19.9 Å². The van der Waals surface area contributed by atoms with Gasteiger partial charge in [-0.15, -0.1) is 11.3 Å². The second-order valence-corrected chi connectivity index (χ2v) is 8.03. The minimum Gasteiger partial charge on any atom is -0.378 e. The highest BCUT2D eigenvalue weighted by molar-refractivity contribution is 7.22. The van der Waals surface area contributed by atoms with E-state index in [9.17, 15) is 4.79 Å². The summed E-state index contributed by atoms with van der Waals surface area (Å²) in [5, 5.41) is 4.20. The van der Waals surface area contributed by atoms with Crippen LogP contribution in [-0.4, -0.2) is 43.2 Å². The van der Waals surface area contributed by atoms with Crippen LogP contribution >= 0.6 is 11.3 Å². The lowest BCUT2D eigenvalue weighted by molar-refractivity contribution is 0.0941. The van der Waals surface area contributed by atoms with E-state index in [-0.39, 0.29) is 11.9 Å². The first kappa shape index (κ1) is 17.9. The molecule has 1 amide bonds. The highest BCUT2D eigenvalue weighted by Gasteiger charge is 2.22. The van der Waals surface area contributed by atoms with E-state index in [0.29, 0.717) is 18.8 Å². The molecule has 0 aliphatic carbocycles. The molecule has 1 aliphatic rings. The highest BCUT2D eigenvalue weighted by atomic mass is 32.1. The lowest BCUT2D eigenvalue weighted by atomic mass is 10.1. The van der Waals surface area contributed by atoms with Crippen molar-refractivity contribution in [3.05, 3.63) is 48.0 Å².